The van der Waals surface area contributed by atoms with Gasteiger partial charge in [0.25, 0.3) is 0 Å². The van der Waals surface area contributed by atoms with E-state index in [4.69, 9.17) is 36.9 Å². The molecule has 37 heavy (non-hydrogen) atoms. The first kappa shape index (κ1) is 28.7. The number of rotatable bonds is 15. The highest BCUT2D eigenvalue weighted by molar-refractivity contribution is 7.99. The van der Waals surface area contributed by atoms with Crippen LogP contribution in [0.3, 0.4) is 0 Å². The molecule has 0 aromatic carbocycles. The molecule has 4 rings (SSSR count). The van der Waals surface area contributed by atoms with Gasteiger partial charge in [0.1, 0.15) is 11.8 Å². The van der Waals surface area contributed by atoms with E-state index in [2.05, 4.69) is 23.4 Å². The summed E-state index contributed by atoms with van der Waals surface area (Å²) < 4.78 is 6.26. The van der Waals surface area contributed by atoms with Crippen LogP contribution in [0.1, 0.15) is 68.4 Å². The Labute approximate surface area is 230 Å². The van der Waals surface area contributed by atoms with Crippen LogP contribution in [0.4, 0.5) is 11.5 Å². The Bertz CT molecular complexity index is 1060. The molecule has 5 atom stereocenters. The van der Waals surface area contributed by atoms with Gasteiger partial charge in [0, 0.05) is 22.6 Å². The standard InChI is InChI=1S/C25H36ClN5O4S2/c1-2-13-36-24-29-16(5-3-4-9-25(34)10-8-18(22(25)33)35-12-11-32)21(31-27)23(30-24)28-17-14-15(17)19-6-7-20(26)37-19/h6-7,15,17-18,22,27,32-34H,2-5,8-14H2,1H3,(H,28,29,30). The third-order valence-corrected chi connectivity index (χ3v) is 9.43. The molecule has 204 valence electrons. The van der Waals surface area contributed by atoms with Crippen molar-refractivity contribution in [3.8, 4) is 0 Å². The number of aliphatic hydroxyl groups excluding tert-OH is 2. The molecule has 0 radical (unpaired) electrons. The van der Waals surface area contributed by atoms with Crippen LogP contribution in [0, 0.1) is 5.53 Å². The van der Waals surface area contributed by atoms with Gasteiger partial charge in [0.15, 0.2) is 11.0 Å². The number of hydrogen-bond acceptors (Lipinski definition) is 11. The lowest BCUT2D eigenvalue weighted by atomic mass is 9.92. The smallest absolute Gasteiger partial charge is 0.189 e. The zero-order chi connectivity index (χ0) is 26.4. The summed E-state index contributed by atoms with van der Waals surface area (Å²) in [6.45, 7) is 2.16. The van der Waals surface area contributed by atoms with E-state index in [-0.39, 0.29) is 19.3 Å². The number of aryl methyl sites for hydroxylation is 1. The van der Waals surface area contributed by atoms with Gasteiger partial charge in [-0.2, -0.15) is 5.11 Å². The van der Waals surface area contributed by atoms with Gasteiger partial charge in [-0.3, -0.25) is 0 Å². The van der Waals surface area contributed by atoms with Crippen molar-refractivity contribution < 1.29 is 20.1 Å². The normalized spacial score (nSPS) is 26.9. The second-order valence-electron chi connectivity index (χ2n) is 9.77. The molecular weight excluding hydrogens is 534 g/mol. The van der Waals surface area contributed by atoms with E-state index in [0.29, 0.717) is 54.7 Å². The fraction of sp³-hybridized carbons (Fsp3) is 0.680. The summed E-state index contributed by atoms with van der Waals surface area (Å²) >= 11 is 9.31. The highest BCUT2D eigenvalue weighted by Gasteiger charge is 2.46. The fourth-order valence-electron chi connectivity index (χ4n) is 4.92. The predicted molar refractivity (Wildman–Crippen MR) is 147 cm³/mol. The number of nitrogens with zero attached hydrogens (tertiary/aromatic N) is 3. The first-order chi connectivity index (χ1) is 17.9. The van der Waals surface area contributed by atoms with Crippen molar-refractivity contribution in [2.75, 3.05) is 24.3 Å². The van der Waals surface area contributed by atoms with Crippen LogP contribution in [0.2, 0.25) is 4.34 Å². The van der Waals surface area contributed by atoms with Crippen molar-refractivity contribution in [2.45, 2.75) is 93.2 Å². The summed E-state index contributed by atoms with van der Waals surface area (Å²) in [4.78, 5) is 10.7. The van der Waals surface area contributed by atoms with Gasteiger partial charge in [0.2, 0.25) is 0 Å². The Kier molecular flexibility index (Phi) is 10.2. The Morgan fingerprint density at radius 3 is 2.89 bits per heavy atom. The van der Waals surface area contributed by atoms with Crippen molar-refractivity contribution in [2.24, 2.45) is 5.11 Å². The van der Waals surface area contributed by atoms with Crippen LogP contribution < -0.4 is 5.32 Å². The van der Waals surface area contributed by atoms with Crippen molar-refractivity contribution in [3.63, 3.8) is 0 Å². The summed E-state index contributed by atoms with van der Waals surface area (Å²) in [5, 5.41) is 38.4. The molecule has 2 aliphatic carbocycles. The maximum Gasteiger partial charge on any atom is 0.189 e. The van der Waals surface area contributed by atoms with Crippen molar-refractivity contribution >= 4 is 46.2 Å². The molecule has 0 amide bonds. The molecule has 2 saturated carbocycles. The van der Waals surface area contributed by atoms with E-state index < -0.39 is 17.8 Å². The van der Waals surface area contributed by atoms with Crippen LogP contribution in [-0.2, 0) is 11.2 Å². The van der Waals surface area contributed by atoms with Crippen LogP contribution in [-0.4, -0.2) is 68.1 Å². The van der Waals surface area contributed by atoms with Gasteiger partial charge < -0.3 is 25.4 Å². The molecule has 5 unspecified atom stereocenters. The lowest BCUT2D eigenvalue weighted by Crippen LogP contribution is -2.43. The minimum Gasteiger partial charge on any atom is -0.394 e. The summed E-state index contributed by atoms with van der Waals surface area (Å²) in [5.41, 5.74) is 7.85. The van der Waals surface area contributed by atoms with Crippen molar-refractivity contribution in [1.82, 2.24) is 9.97 Å². The Morgan fingerprint density at radius 2 is 2.19 bits per heavy atom. The molecule has 5 N–H and O–H groups in total. The lowest BCUT2D eigenvalue weighted by molar-refractivity contribution is -0.111. The maximum absolute atomic E-state index is 11.0. The van der Waals surface area contributed by atoms with Gasteiger partial charge in [-0.1, -0.05) is 36.7 Å². The molecule has 0 spiro atoms. The van der Waals surface area contributed by atoms with Gasteiger partial charge in [0.05, 0.1) is 34.9 Å². The largest absolute Gasteiger partial charge is 0.394 e. The minimum absolute atomic E-state index is 0.108. The van der Waals surface area contributed by atoms with Gasteiger partial charge in [-0.05, 0) is 57.1 Å². The van der Waals surface area contributed by atoms with Gasteiger partial charge >= 0.3 is 0 Å². The second-order valence-corrected chi connectivity index (χ2v) is 12.6. The first-order valence-electron chi connectivity index (χ1n) is 12.9. The minimum atomic E-state index is -1.19. The molecule has 2 aliphatic rings. The summed E-state index contributed by atoms with van der Waals surface area (Å²) in [6, 6.07) is 4.22. The number of hydrogen-bond donors (Lipinski definition) is 5. The third-order valence-electron chi connectivity index (χ3n) is 7.02. The highest BCUT2D eigenvalue weighted by Crippen LogP contribution is 2.47. The number of aromatic nitrogens is 2. The molecule has 12 heteroatoms. The quantitative estimate of drug-likeness (QED) is 0.0841. The van der Waals surface area contributed by atoms with Crippen LogP contribution in [0.15, 0.2) is 22.4 Å². The Morgan fingerprint density at radius 1 is 1.35 bits per heavy atom. The number of halogens is 1. The average molecular weight is 570 g/mol. The third kappa shape index (κ3) is 7.20. The number of nitrogens with one attached hydrogen (secondary N) is 2. The Balaban J connectivity index is 1.39. The van der Waals surface area contributed by atoms with E-state index in [1.165, 1.54) is 4.88 Å². The first-order valence-corrected chi connectivity index (χ1v) is 15.1. The topological polar surface area (TPSA) is 144 Å². The van der Waals surface area contributed by atoms with E-state index in [9.17, 15) is 10.2 Å². The molecule has 2 aromatic rings. The monoisotopic (exact) mass is 569 g/mol. The SMILES string of the molecule is CCCSc1nc(CCCCC2(O)CCC(OCCO)C2O)c(N=N)c(NC2CC2c2ccc(Cl)s2)n1. The number of aliphatic hydroxyl groups is 3. The van der Waals surface area contributed by atoms with E-state index in [1.54, 1.807) is 23.1 Å². The molecular formula is C25H36ClN5O4S2. The number of thioether (sulfide) groups is 1. The van der Waals surface area contributed by atoms with Crippen molar-refractivity contribution in [1.29, 1.82) is 5.53 Å². The second kappa shape index (κ2) is 13.1. The lowest BCUT2D eigenvalue weighted by Gasteiger charge is -2.28. The van der Waals surface area contributed by atoms with Crippen LogP contribution in [0.25, 0.3) is 0 Å². The zero-order valence-corrected chi connectivity index (χ0v) is 23.4. The summed E-state index contributed by atoms with van der Waals surface area (Å²) in [7, 11) is 0. The number of thiophene rings is 1. The molecule has 0 aliphatic heterocycles. The van der Waals surface area contributed by atoms with E-state index in [1.807, 2.05) is 6.07 Å². The van der Waals surface area contributed by atoms with Gasteiger partial charge in [-0.25, -0.2) is 15.5 Å². The molecule has 9 nitrogen and oxygen atoms in total. The molecule has 2 fully saturated rings. The molecule has 0 saturated heterocycles. The summed E-state index contributed by atoms with van der Waals surface area (Å²) in [5.74, 6) is 1.88. The number of anilines is 1. The molecule has 2 aromatic heterocycles. The average Bonchev–Trinajstić information content (AvgIpc) is 3.42. The summed E-state index contributed by atoms with van der Waals surface area (Å²) in [6.07, 6.45) is 4.07. The van der Waals surface area contributed by atoms with E-state index in [0.717, 1.165) is 35.0 Å². The number of ether oxygens (including phenoxy) is 1. The van der Waals surface area contributed by atoms with E-state index >= 15 is 0 Å². The Hall–Kier alpha value is -1.34. The molecule has 2 heterocycles. The van der Waals surface area contributed by atoms with Crippen molar-refractivity contribution in [3.05, 3.63) is 27.0 Å². The number of unbranched alkanes of at least 4 members (excludes halogenated alkanes) is 1. The van der Waals surface area contributed by atoms with Gasteiger partial charge in [-0.15, -0.1) is 11.3 Å². The zero-order valence-electron chi connectivity index (χ0n) is 21.0. The van der Waals surface area contributed by atoms with Crippen LogP contribution >= 0.6 is 34.7 Å². The maximum atomic E-state index is 11.0. The predicted octanol–water partition coefficient (Wildman–Crippen LogP) is 5.30. The molecule has 0 bridgehead atoms. The highest BCUT2D eigenvalue weighted by atomic mass is 35.5. The van der Waals surface area contributed by atoms with Crippen LogP contribution in [0.5, 0.6) is 0 Å². The fourth-order valence-corrected chi connectivity index (χ4v) is 6.88.